The summed E-state index contributed by atoms with van der Waals surface area (Å²) >= 11 is 1.68. The SMILES string of the molecule is Cc1cc(Nc2cc(N3CCCC(NC(=O)c4cc5c(s4)CCCC5)C3)c3cc[nH]c3n2)nn1C. The van der Waals surface area contributed by atoms with Gasteiger partial charge in [-0.2, -0.15) is 5.10 Å². The molecule has 4 aromatic heterocycles. The van der Waals surface area contributed by atoms with Crippen molar-refractivity contribution in [1.29, 1.82) is 0 Å². The van der Waals surface area contributed by atoms with Gasteiger partial charge in [0.2, 0.25) is 0 Å². The number of H-pyrrole nitrogens is 1. The topological polar surface area (TPSA) is 90.9 Å². The summed E-state index contributed by atoms with van der Waals surface area (Å²) in [6, 6.07) is 8.42. The Bertz CT molecular complexity index is 1340. The van der Waals surface area contributed by atoms with Gasteiger partial charge in [-0.05, 0) is 63.1 Å². The van der Waals surface area contributed by atoms with E-state index >= 15 is 0 Å². The molecule has 5 heterocycles. The molecule has 4 aromatic rings. The van der Waals surface area contributed by atoms with Crippen LogP contribution in [-0.4, -0.2) is 44.8 Å². The number of pyridine rings is 1. The number of hydrogen-bond donors (Lipinski definition) is 3. The highest BCUT2D eigenvalue weighted by molar-refractivity contribution is 7.14. The normalized spacial score (nSPS) is 18.0. The number of thiophene rings is 1. The van der Waals surface area contributed by atoms with Crippen LogP contribution in [0.2, 0.25) is 0 Å². The Morgan fingerprint density at radius 2 is 2.06 bits per heavy atom. The van der Waals surface area contributed by atoms with Gasteiger partial charge >= 0.3 is 0 Å². The predicted molar refractivity (Wildman–Crippen MR) is 141 cm³/mol. The molecule has 2 aliphatic rings. The fraction of sp³-hybridized carbons (Fsp3) is 0.423. The van der Waals surface area contributed by atoms with E-state index in [0.717, 1.165) is 77.7 Å². The maximum absolute atomic E-state index is 13.1. The van der Waals surface area contributed by atoms with E-state index < -0.39 is 0 Å². The Morgan fingerprint density at radius 1 is 1.17 bits per heavy atom. The van der Waals surface area contributed by atoms with Crippen LogP contribution in [0.5, 0.6) is 0 Å². The number of aromatic nitrogens is 4. The van der Waals surface area contributed by atoms with Crippen molar-refractivity contribution in [3.05, 3.63) is 51.5 Å². The largest absolute Gasteiger partial charge is 0.369 e. The zero-order chi connectivity index (χ0) is 23.9. The van der Waals surface area contributed by atoms with Gasteiger partial charge in [-0.3, -0.25) is 9.48 Å². The van der Waals surface area contributed by atoms with Gasteiger partial charge in [0.15, 0.2) is 5.82 Å². The average molecular weight is 490 g/mol. The molecule has 1 unspecified atom stereocenters. The molecule has 1 aliphatic carbocycles. The van der Waals surface area contributed by atoms with Crippen LogP contribution in [-0.2, 0) is 19.9 Å². The monoisotopic (exact) mass is 489 g/mol. The lowest BCUT2D eigenvalue weighted by Crippen LogP contribution is -2.47. The number of carbonyl (C=O) groups is 1. The Balaban J connectivity index is 1.21. The molecule has 1 amide bonds. The zero-order valence-electron chi connectivity index (χ0n) is 20.2. The average Bonchev–Trinajstić information content (AvgIpc) is 3.57. The highest BCUT2D eigenvalue weighted by Gasteiger charge is 2.25. The van der Waals surface area contributed by atoms with Crippen LogP contribution in [0.3, 0.4) is 0 Å². The van der Waals surface area contributed by atoms with Crippen LogP contribution in [0.4, 0.5) is 17.3 Å². The molecule has 1 aliphatic heterocycles. The first-order chi connectivity index (χ1) is 17.0. The Hall–Kier alpha value is -3.33. The molecule has 0 aromatic carbocycles. The number of hydrogen-bond acceptors (Lipinski definition) is 6. The highest BCUT2D eigenvalue weighted by atomic mass is 32.1. The third kappa shape index (κ3) is 4.40. The van der Waals surface area contributed by atoms with Gasteiger partial charge in [0.05, 0.1) is 10.6 Å². The van der Waals surface area contributed by atoms with Crippen molar-refractivity contribution in [2.24, 2.45) is 7.05 Å². The highest BCUT2D eigenvalue weighted by Crippen LogP contribution is 2.32. The first-order valence-electron chi connectivity index (χ1n) is 12.5. The van der Waals surface area contributed by atoms with Crippen LogP contribution < -0.4 is 15.5 Å². The van der Waals surface area contributed by atoms with Crippen LogP contribution in [0.1, 0.15) is 51.5 Å². The van der Waals surface area contributed by atoms with Gasteiger partial charge in [0.1, 0.15) is 11.5 Å². The summed E-state index contributed by atoms with van der Waals surface area (Å²) in [5, 5.41) is 12.3. The van der Waals surface area contributed by atoms with Gasteiger partial charge in [-0.1, -0.05) is 0 Å². The molecular weight excluding hydrogens is 458 g/mol. The first kappa shape index (κ1) is 22.2. The van der Waals surface area contributed by atoms with Crippen molar-refractivity contribution < 1.29 is 4.79 Å². The molecular formula is C26H31N7OS. The number of nitrogens with zero attached hydrogens (tertiary/aromatic N) is 4. The van der Waals surface area contributed by atoms with Crippen LogP contribution >= 0.6 is 11.3 Å². The van der Waals surface area contributed by atoms with E-state index in [1.54, 1.807) is 11.3 Å². The standard InChI is InChI=1S/C26H31N7OS/c1-16-12-24(31-32(16)2)29-23-14-20(19-9-10-27-25(19)30-23)33-11-5-7-18(15-33)28-26(34)22-13-17-6-3-4-8-21(17)35-22/h9-10,12-14,18H,3-8,11,15H2,1-2H3,(H,28,34)(H2,27,29,30,31). The van der Waals surface area contributed by atoms with Crippen LogP contribution in [0.15, 0.2) is 30.5 Å². The minimum absolute atomic E-state index is 0.0747. The number of carbonyl (C=O) groups excluding carboxylic acids is 1. The summed E-state index contributed by atoms with van der Waals surface area (Å²) in [5.41, 5.74) is 4.42. The molecule has 6 rings (SSSR count). The number of nitrogens with one attached hydrogen (secondary N) is 3. The second-order valence-corrected chi connectivity index (χ2v) is 10.8. The van der Waals surface area contributed by atoms with E-state index in [1.165, 1.54) is 23.3 Å². The van der Waals surface area contributed by atoms with Crippen molar-refractivity contribution in [2.45, 2.75) is 51.5 Å². The summed E-state index contributed by atoms with van der Waals surface area (Å²) in [6.45, 7) is 3.76. The summed E-state index contributed by atoms with van der Waals surface area (Å²) in [6.07, 6.45) is 8.65. The van der Waals surface area contributed by atoms with Crippen molar-refractivity contribution in [2.75, 3.05) is 23.3 Å². The smallest absolute Gasteiger partial charge is 0.261 e. The van der Waals surface area contributed by atoms with Crippen molar-refractivity contribution in [3.8, 4) is 0 Å². The molecule has 8 nitrogen and oxygen atoms in total. The molecule has 3 N–H and O–H groups in total. The van der Waals surface area contributed by atoms with E-state index in [1.807, 2.05) is 30.9 Å². The number of amides is 1. The molecule has 0 saturated carbocycles. The molecule has 1 fully saturated rings. The summed E-state index contributed by atoms with van der Waals surface area (Å²) in [7, 11) is 1.93. The summed E-state index contributed by atoms with van der Waals surface area (Å²) in [4.78, 5) is 25.7. The number of aromatic amines is 1. The minimum atomic E-state index is 0.0747. The summed E-state index contributed by atoms with van der Waals surface area (Å²) < 4.78 is 1.85. The minimum Gasteiger partial charge on any atom is -0.369 e. The second-order valence-electron chi connectivity index (χ2n) is 9.71. The predicted octanol–water partition coefficient (Wildman–Crippen LogP) is 4.69. The van der Waals surface area contributed by atoms with Gasteiger partial charge in [-0.25, -0.2) is 4.98 Å². The maximum Gasteiger partial charge on any atom is 0.261 e. The molecule has 0 spiro atoms. The number of rotatable bonds is 5. The van der Waals surface area contributed by atoms with Gasteiger partial charge in [0, 0.05) is 60.5 Å². The zero-order valence-corrected chi connectivity index (χ0v) is 21.0. The van der Waals surface area contributed by atoms with E-state index in [9.17, 15) is 4.79 Å². The van der Waals surface area contributed by atoms with Crippen molar-refractivity contribution in [1.82, 2.24) is 25.1 Å². The number of aryl methyl sites for hydroxylation is 4. The summed E-state index contributed by atoms with van der Waals surface area (Å²) in [5.74, 6) is 1.60. The van der Waals surface area contributed by atoms with Crippen molar-refractivity contribution in [3.63, 3.8) is 0 Å². The quantitative estimate of drug-likeness (QED) is 0.378. The molecule has 0 bridgehead atoms. The molecule has 182 valence electrons. The van der Waals surface area contributed by atoms with Gasteiger partial charge in [0.25, 0.3) is 5.91 Å². The lowest BCUT2D eigenvalue weighted by atomic mass is 9.99. The van der Waals surface area contributed by atoms with Crippen LogP contribution in [0, 0.1) is 6.92 Å². The molecule has 1 atom stereocenters. The number of piperidine rings is 1. The molecule has 1 saturated heterocycles. The first-order valence-corrected chi connectivity index (χ1v) is 13.3. The third-order valence-electron chi connectivity index (χ3n) is 7.19. The fourth-order valence-electron chi connectivity index (χ4n) is 5.27. The Labute approximate surface area is 208 Å². The van der Waals surface area contributed by atoms with Crippen LogP contribution in [0.25, 0.3) is 11.0 Å². The number of anilines is 3. The molecule has 35 heavy (non-hydrogen) atoms. The fourth-order valence-corrected chi connectivity index (χ4v) is 6.43. The lowest BCUT2D eigenvalue weighted by Gasteiger charge is -2.35. The van der Waals surface area contributed by atoms with Gasteiger partial charge in [-0.15, -0.1) is 11.3 Å². The molecule has 0 radical (unpaired) electrons. The Kier molecular flexibility index (Phi) is 5.72. The number of fused-ring (bicyclic) bond motifs is 2. The van der Waals surface area contributed by atoms with E-state index in [2.05, 4.69) is 43.8 Å². The van der Waals surface area contributed by atoms with E-state index in [-0.39, 0.29) is 11.9 Å². The van der Waals surface area contributed by atoms with Gasteiger partial charge < -0.3 is 20.5 Å². The van der Waals surface area contributed by atoms with E-state index in [0.29, 0.717) is 0 Å². The molecule has 9 heteroatoms. The lowest BCUT2D eigenvalue weighted by molar-refractivity contribution is 0.0937. The Morgan fingerprint density at radius 3 is 2.89 bits per heavy atom. The maximum atomic E-state index is 13.1. The van der Waals surface area contributed by atoms with Crippen molar-refractivity contribution >= 4 is 45.6 Å². The second kappa shape index (κ2) is 9.03. The third-order valence-corrected chi connectivity index (χ3v) is 8.43. The van der Waals surface area contributed by atoms with E-state index in [4.69, 9.17) is 4.98 Å².